The second kappa shape index (κ2) is 8.81. The summed E-state index contributed by atoms with van der Waals surface area (Å²) in [4.78, 5) is 12.4. The fraction of sp³-hybridized carbons (Fsp3) is 0.900. The first-order chi connectivity index (χ1) is 7.99. The molecule has 1 aliphatic rings. The van der Waals surface area contributed by atoms with Gasteiger partial charge in [-0.05, 0) is 25.3 Å². The summed E-state index contributed by atoms with van der Waals surface area (Å²) in [6.07, 6.45) is 5.50. The van der Waals surface area contributed by atoms with Crippen LogP contribution in [0.3, 0.4) is 0 Å². The van der Waals surface area contributed by atoms with Gasteiger partial charge in [-0.15, -0.1) is 0 Å². The first kappa shape index (κ1) is 15.7. The van der Waals surface area contributed by atoms with Crippen molar-refractivity contribution in [2.45, 2.75) is 57.2 Å². The molecule has 1 saturated carbocycles. The number of carboxylic acid groups (broad SMARTS) is 1. The highest BCUT2D eigenvalue weighted by atomic mass is 16.4. The van der Waals surface area contributed by atoms with E-state index in [2.05, 4.69) is 10.0 Å². The van der Waals surface area contributed by atoms with Crippen molar-refractivity contribution in [1.82, 2.24) is 0 Å². The maximum atomic E-state index is 10.1. The number of carbonyl (C=O) groups is 1. The van der Waals surface area contributed by atoms with Crippen LogP contribution in [0.5, 0.6) is 0 Å². The Morgan fingerprint density at radius 3 is 2.18 bits per heavy atom. The molecule has 0 aromatic carbocycles. The van der Waals surface area contributed by atoms with Crippen LogP contribution in [-0.2, 0) is 4.79 Å². The smallest absolute Gasteiger partial charge is 0.315 e. The standard InChI is InChI=1S/C6H13N.C4H7N3O3/c7-6-4-2-1-3-5-6;1-2(8)3(4(9)10)6-7-5/h6H,1-5,7H2;2-3,8H,1H3,(H,9,10)/t;2?,3-/m.1/s1. The highest BCUT2D eigenvalue weighted by molar-refractivity contribution is 5.74. The third kappa shape index (κ3) is 7.57. The molecular weight excluding hydrogens is 224 g/mol. The molecule has 0 aromatic rings. The number of azide groups is 1. The Morgan fingerprint density at radius 2 is 2.00 bits per heavy atom. The van der Waals surface area contributed by atoms with E-state index in [1.54, 1.807) is 0 Å². The Bertz CT molecular complexity index is 269. The van der Waals surface area contributed by atoms with Gasteiger partial charge >= 0.3 is 5.97 Å². The molecule has 0 bridgehead atoms. The lowest BCUT2D eigenvalue weighted by Crippen LogP contribution is -2.29. The van der Waals surface area contributed by atoms with Crippen LogP contribution in [0.2, 0.25) is 0 Å². The molecule has 0 amide bonds. The second-order valence-corrected chi connectivity index (χ2v) is 4.13. The number of hydrogen-bond donors (Lipinski definition) is 3. The van der Waals surface area contributed by atoms with Gasteiger partial charge in [-0.25, -0.2) is 0 Å². The number of carboxylic acids is 1. The average Bonchev–Trinajstić information content (AvgIpc) is 2.27. The summed E-state index contributed by atoms with van der Waals surface area (Å²) in [6.45, 7) is 1.24. The topological polar surface area (TPSA) is 132 Å². The molecule has 1 rings (SSSR count). The second-order valence-electron chi connectivity index (χ2n) is 4.13. The van der Waals surface area contributed by atoms with Crippen LogP contribution in [0, 0.1) is 0 Å². The lowest BCUT2D eigenvalue weighted by molar-refractivity contribution is -0.140. The van der Waals surface area contributed by atoms with E-state index in [4.69, 9.17) is 21.5 Å². The van der Waals surface area contributed by atoms with E-state index in [-0.39, 0.29) is 0 Å². The van der Waals surface area contributed by atoms with Crippen LogP contribution in [0.4, 0.5) is 0 Å². The minimum atomic E-state index is -1.38. The van der Waals surface area contributed by atoms with Crippen molar-refractivity contribution in [3.8, 4) is 0 Å². The quantitative estimate of drug-likeness (QED) is 0.393. The summed E-state index contributed by atoms with van der Waals surface area (Å²) in [5.74, 6) is -1.33. The molecule has 4 N–H and O–H groups in total. The minimum Gasteiger partial charge on any atom is -0.481 e. The van der Waals surface area contributed by atoms with Gasteiger partial charge in [0, 0.05) is 11.0 Å². The van der Waals surface area contributed by atoms with E-state index in [0.29, 0.717) is 6.04 Å². The largest absolute Gasteiger partial charge is 0.481 e. The Hall–Kier alpha value is -1.30. The zero-order chi connectivity index (χ0) is 13.3. The SMILES string of the molecule is CC(O)[C@@H](N=[N+]=[N-])C(=O)O.NC1CCCCC1. The normalized spacial score (nSPS) is 19.2. The summed E-state index contributed by atoms with van der Waals surface area (Å²) in [6, 6.07) is -0.848. The zero-order valence-corrected chi connectivity index (χ0v) is 9.99. The van der Waals surface area contributed by atoms with Crippen LogP contribution < -0.4 is 5.73 Å². The van der Waals surface area contributed by atoms with Gasteiger partial charge in [-0.2, -0.15) is 0 Å². The lowest BCUT2D eigenvalue weighted by atomic mass is 9.97. The maximum Gasteiger partial charge on any atom is 0.315 e. The molecule has 0 heterocycles. The number of nitrogens with zero attached hydrogens (tertiary/aromatic N) is 3. The average molecular weight is 244 g/mol. The molecule has 7 nitrogen and oxygen atoms in total. The van der Waals surface area contributed by atoms with Crippen molar-refractivity contribution in [2.75, 3.05) is 0 Å². The van der Waals surface area contributed by atoms with Gasteiger partial charge in [0.25, 0.3) is 0 Å². The summed E-state index contributed by atoms with van der Waals surface area (Å²) in [5.41, 5.74) is 13.5. The van der Waals surface area contributed by atoms with Crippen molar-refractivity contribution < 1.29 is 15.0 Å². The maximum absolute atomic E-state index is 10.1. The first-order valence-electron chi connectivity index (χ1n) is 5.69. The van der Waals surface area contributed by atoms with Crippen LogP contribution in [0.1, 0.15) is 39.0 Å². The van der Waals surface area contributed by atoms with Crippen molar-refractivity contribution in [1.29, 1.82) is 0 Å². The molecular formula is C10H20N4O3. The number of aliphatic hydroxyl groups excluding tert-OH is 1. The van der Waals surface area contributed by atoms with Gasteiger partial charge < -0.3 is 15.9 Å². The van der Waals surface area contributed by atoms with Crippen molar-refractivity contribution in [3.05, 3.63) is 10.4 Å². The summed E-state index contributed by atoms with van der Waals surface area (Å²) in [5, 5.41) is 19.8. The molecule has 1 unspecified atom stereocenters. The molecule has 1 aliphatic carbocycles. The van der Waals surface area contributed by atoms with E-state index in [9.17, 15) is 4.79 Å². The Kier molecular flexibility index (Phi) is 8.13. The zero-order valence-electron chi connectivity index (χ0n) is 9.99. The Balaban J connectivity index is 0.000000318. The third-order valence-electron chi connectivity index (χ3n) is 2.54. The van der Waals surface area contributed by atoms with Crippen molar-refractivity contribution in [3.63, 3.8) is 0 Å². The highest BCUT2D eigenvalue weighted by Gasteiger charge is 2.20. The highest BCUT2D eigenvalue weighted by Crippen LogP contribution is 2.14. The number of rotatable bonds is 3. The number of hydrogen-bond acceptors (Lipinski definition) is 4. The third-order valence-corrected chi connectivity index (χ3v) is 2.54. The first-order valence-corrected chi connectivity index (χ1v) is 5.69. The molecule has 2 atom stereocenters. The molecule has 0 saturated heterocycles. The van der Waals surface area contributed by atoms with Crippen LogP contribution >= 0.6 is 0 Å². The summed E-state index contributed by atoms with van der Waals surface area (Å²) < 4.78 is 0. The molecule has 7 heteroatoms. The van der Waals surface area contributed by atoms with E-state index in [1.165, 1.54) is 39.0 Å². The van der Waals surface area contributed by atoms with E-state index in [1.807, 2.05) is 0 Å². The van der Waals surface area contributed by atoms with Gasteiger partial charge in [-0.3, -0.25) is 4.79 Å². The Labute approximate surface area is 100 Å². The lowest BCUT2D eigenvalue weighted by Gasteiger charge is -2.15. The summed E-state index contributed by atoms with van der Waals surface area (Å²) >= 11 is 0. The van der Waals surface area contributed by atoms with Crippen LogP contribution in [0.15, 0.2) is 5.11 Å². The van der Waals surface area contributed by atoms with Gasteiger partial charge in [0.05, 0.1) is 6.10 Å². The van der Waals surface area contributed by atoms with E-state index in [0.717, 1.165) is 0 Å². The van der Waals surface area contributed by atoms with Gasteiger partial charge in [0.2, 0.25) is 0 Å². The molecule has 98 valence electrons. The van der Waals surface area contributed by atoms with Gasteiger partial charge in [0.1, 0.15) is 0 Å². The molecule has 0 aliphatic heterocycles. The van der Waals surface area contributed by atoms with E-state index >= 15 is 0 Å². The predicted octanol–water partition coefficient (Wildman–Crippen LogP) is 1.41. The number of nitrogens with two attached hydrogens (primary N) is 1. The molecule has 0 aromatic heterocycles. The Morgan fingerprint density at radius 1 is 1.47 bits per heavy atom. The monoisotopic (exact) mass is 244 g/mol. The summed E-state index contributed by atoms with van der Waals surface area (Å²) in [7, 11) is 0. The molecule has 0 radical (unpaired) electrons. The molecule has 0 spiro atoms. The molecule has 1 fully saturated rings. The number of aliphatic carboxylic acids is 1. The van der Waals surface area contributed by atoms with E-state index < -0.39 is 18.1 Å². The van der Waals surface area contributed by atoms with Gasteiger partial charge in [0.15, 0.2) is 6.04 Å². The van der Waals surface area contributed by atoms with Crippen molar-refractivity contribution in [2.24, 2.45) is 10.8 Å². The van der Waals surface area contributed by atoms with Gasteiger partial charge in [-0.1, -0.05) is 24.4 Å². The minimum absolute atomic E-state index is 0.536. The fourth-order valence-corrected chi connectivity index (χ4v) is 1.54. The fourth-order valence-electron chi connectivity index (χ4n) is 1.54. The predicted molar refractivity (Wildman–Crippen MR) is 63.3 cm³/mol. The van der Waals surface area contributed by atoms with Crippen LogP contribution in [-0.4, -0.2) is 34.4 Å². The van der Waals surface area contributed by atoms with Crippen molar-refractivity contribution >= 4 is 5.97 Å². The van der Waals surface area contributed by atoms with Crippen LogP contribution in [0.25, 0.3) is 10.4 Å². The number of aliphatic hydroxyl groups is 1. The molecule has 17 heavy (non-hydrogen) atoms.